The molecule has 1 aliphatic carbocycles. The number of aryl methyl sites for hydroxylation is 2. The van der Waals surface area contributed by atoms with Crippen LogP contribution in [-0.2, 0) is 4.79 Å². The average Bonchev–Trinajstić information content (AvgIpc) is 2.40. The topological polar surface area (TPSA) is 54.4 Å². The van der Waals surface area contributed by atoms with E-state index in [0.29, 0.717) is 18.4 Å². The lowest BCUT2D eigenvalue weighted by Crippen LogP contribution is -2.33. The highest BCUT2D eigenvalue weighted by atomic mass is 16.4. The van der Waals surface area contributed by atoms with Gasteiger partial charge in [-0.1, -0.05) is 30.5 Å². The molecule has 2 unspecified atom stereocenters. The lowest BCUT2D eigenvalue weighted by Gasteiger charge is -2.27. The van der Waals surface area contributed by atoms with Gasteiger partial charge < -0.3 is 5.11 Å². The van der Waals surface area contributed by atoms with Crippen LogP contribution in [0.4, 0.5) is 0 Å². The van der Waals surface area contributed by atoms with Crippen molar-refractivity contribution in [2.24, 2.45) is 11.8 Å². The van der Waals surface area contributed by atoms with Crippen molar-refractivity contribution in [3.8, 4) is 0 Å². The van der Waals surface area contributed by atoms with Crippen LogP contribution >= 0.6 is 0 Å². The second-order valence-electron chi connectivity index (χ2n) is 5.52. The van der Waals surface area contributed by atoms with E-state index in [1.807, 2.05) is 32.0 Å². The average molecular weight is 260 g/mol. The van der Waals surface area contributed by atoms with Crippen LogP contribution in [0.2, 0.25) is 0 Å². The summed E-state index contributed by atoms with van der Waals surface area (Å²) in [7, 11) is 0. The molecule has 2 rings (SSSR count). The summed E-state index contributed by atoms with van der Waals surface area (Å²) in [5.74, 6) is -1.69. The highest BCUT2D eigenvalue weighted by Gasteiger charge is 2.36. The Labute approximate surface area is 113 Å². The molecule has 0 bridgehead atoms. The summed E-state index contributed by atoms with van der Waals surface area (Å²) in [6.07, 6.45) is 3.18. The number of carbonyl (C=O) groups is 2. The van der Waals surface area contributed by atoms with E-state index in [9.17, 15) is 14.7 Å². The van der Waals surface area contributed by atoms with E-state index in [4.69, 9.17) is 0 Å². The minimum absolute atomic E-state index is 0.00769. The normalized spacial score (nSPS) is 23.1. The van der Waals surface area contributed by atoms with Gasteiger partial charge in [0.25, 0.3) is 0 Å². The van der Waals surface area contributed by atoms with Crippen molar-refractivity contribution in [3.05, 3.63) is 34.9 Å². The molecule has 0 aliphatic heterocycles. The van der Waals surface area contributed by atoms with Gasteiger partial charge in [0.05, 0.1) is 5.92 Å². The van der Waals surface area contributed by atoms with Crippen LogP contribution in [0.5, 0.6) is 0 Å². The number of ketones is 1. The van der Waals surface area contributed by atoms with Gasteiger partial charge in [-0.3, -0.25) is 9.59 Å². The Kier molecular flexibility index (Phi) is 4.03. The fourth-order valence-corrected chi connectivity index (χ4v) is 2.94. The van der Waals surface area contributed by atoms with E-state index in [1.54, 1.807) is 0 Å². The van der Waals surface area contributed by atoms with Crippen molar-refractivity contribution in [1.29, 1.82) is 0 Å². The molecule has 0 amide bonds. The van der Waals surface area contributed by atoms with Crippen molar-refractivity contribution in [2.45, 2.75) is 39.5 Å². The van der Waals surface area contributed by atoms with Crippen LogP contribution in [0.1, 0.15) is 47.2 Å². The first kappa shape index (κ1) is 13.8. The van der Waals surface area contributed by atoms with Gasteiger partial charge in [0, 0.05) is 11.5 Å². The monoisotopic (exact) mass is 260 g/mol. The number of Topliss-reactive ketones (excluding diaryl/α,β-unsaturated/α-hetero) is 1. The Hall–Kier alpha value is -1.64. The Balaban J connectivity index is 2.31. The molecule has 3 nitrogen and oxygen atoms in total. The third kappa shape index (κ3) is 2.86. The molecule has 0 radical (unpaired) electrons. The minimum Gasteiger partial charge on any atom is -0.481 e. The van der Waals surface area contributed by atoms with Crippen molar-refractivity contribution in [2.75, 3.05) is 0 Å². The van der Waals surface area contributed by atoms with Gasteiger partial charge in [0.15, 0.2) is 5.78 Å². The summed E-state index contributed by atoms with van der Waals surface area (Å²) >= 11 is 0. The molecular formula is C16H20O3. The molecule has 1 N–H and O–H groups in total. The maximum absolute atomic E-state index is 12.6. The van der Waals surface area contributed by atoms with E-state index in [-0.39, 0.29) is 11.7 Å². The number of carboxylic acids is 1. The van der Waals surface area contributed by atoms with Gasteiger partial charge in [0.2, 0.25) is 0 Å². The number of carbonyl (C=O) groups excluding carboxylic acids is 1. The largest absolute Gasteiger partial charge is 0.481 e. The summed E-state index contributed by atoms with van der Waals surface area (Å²) in [4.78, 5) is 23.9. The van der Waals surface area contributed by atoms with Gasteiger partial charge >= 0.3 is 5.97 Å². The first-order valence-corrected chi connectivity index (χ1v) is 6.85. The molecule has 19 heavy (non-hydrogen) atoms. The lowest BCUT2D eigenvalue weighted by molar-refractivity contribution is -0.144. The van der Waals surface area contributed by atoms with Crippen molar-refractivity contribution in [3.63, 3.8) is 0 Å². The predicted octanol–water partition coefficient (Wildman–Crippen LogP) is 3.38. The summed E-state index contributed by atoms with van der Waals surface area (Å²) in [6, 6.07) is 5.79. The fraction of sp³-hybridized carbons (Fsp3) is 0.500. The highest BCUT2D eigenvalue weighted by molar-refractivity contribution is 6.01. The van der Waals surface area contributed by atoms with Gasteiger partial charge in [0.1, 0.15) is 0 Å². The quantitative estimate of drug-likeness (QED) is 0.848. The number of aliphatic carboxylic acids is 1. The standard InChI is InChI=1S/C16H20O3/c1-10-7-8-11(2)14(9-10)15(17)12-5-3-4-6-13(12)16(18)19/h7-9,12-13H,3-6H2,1-2H3,(H,18,19). The SMILES string of the molecule is Cc1ccc(C)c(C(=O)C2CCCCC2C(=O)O)c1. The molecule has 0 aromatic heterocycles. The zero-order chi connectivity index (χ0) is 14.0. The molecule has 102 valence electrons. The Morgan fingerprint density at radius 1 is 1.11 bits per heavy atom. The van der Waals surface area contributed by atoms with Gasteiger partial charge in [-0.15, -0.1) is 0 Å². The molecule has 1 aliphatic rings. The number of benzene rings is 1. The lowest BCUT2D eigenvalue weighted by atomic mass is 9.75. The van der Waals surface area contributed by atoms with Crippen LogP contribution in [0.15, 0.2) is 18.2 Å². The molecular weight excluding hydrogens is 240 g/mol. The molecule has 1 aromatic carbocycles. The van der Waals surface area contributed by atoms with Crippen LogP contribution in [0.25, 0.3) is 0 Å². The minimum atomic E-state index is -0.830. The van der Waals surface area contributed by atoms with Crippen molar-refractivity contribution in [1.82, 2.24) is 0 Å². The van der Waals surface area contributed by atoms with Gasteiger partial charge in [-0.2, -0.15) is 0 Å². The number of hydrogen-bond acceptors (Lipinski definition) is 2. The summed E-state index contributed by atoms with van der Waals surface area (Å²) in [5, 5.41) is 9.28. The van der Waals surface area contributed by atoms with E-state index in [2.05, 4.69) is 0 Å². The molecule has 0 saturated heterocycles. The number of rotatable bonds is 3. The molecule has 0 spiro atoms. The second-order valence-corrected chi connectivity index (χ2v) is 5.52. The second kappa shape index (κ2) is 5.55. The van der Waals surface area contributed by atoms with E-state index < -0.39 is 11.9 Å². The highest BCUT2D eigenvalue weighted by Crippen LogP contribution is 2.33. The number of hydrogen-bond donors (Lipinski definition) is 1. The third-order valence-electron chi connectivity index (χ3n) is 4.08. The molecule has 0 heterocycles. The molecule has 1 fully saturated rings. The molecule has 3 heteroatoms. The maximum Gasteiger partial charge on any atom is 0.307 e. The van der Waals surface area contributed by atoms with Crippen LogP contribution < -0.4 is 0 Å². The van der Waals surface area contributed by atoms with Crippen LogP contribution in [0.3, 0.4) is 0 Å². The van der Waals surface area contributed by atoms with E-state index >= 15 is 0 Å². The number of carboxylic acid groups (broad SMARTS) is 1. The summed E-state index contributed by atoms with van der Waals surface area (Å²) in [6.45, 7) is 3.86. The Morgan fingerprint density at radius 2 is 1.74 bits per heavy atom. The summed E-state index contributed by atoms with van der Waals surface area (Å²) < 4.78 is 0. The molecule has 1 saturated carbocycles. The fourth-order valence-electron chi connectivity index (χ4n) is 2.94. The predicted molar refractivity (Wildman–Crippen MR) is 73.3 cm³/mol. The molecule has 2 atom stereocenters. The first-order chi connectivity index (χ1) is 9.00. The third-order valence-corrected chi connectivity index (χ3v) is 4.08. The zero-order valence-corrected chi connectivity index (χ0v) is 11.5. The Morgan fingerprint density at radius 3 is 2.37 bits per heavy atom. The maximum atomic E-state index is 12.6. The summed E-state index contributed by atoms with van der Waals surface area (Å²) in [5.41, 5.74) is 2.67. The van der Waals surface area contributed by atoms with Gasteiger partial charge in [-0.25, -0.2) is 0 Å². The first-order valence-electron chi connectivity index (χ1n) is 6.85. The Bertz CT molecular complexity index is 505. The van der Waals surface area contributed by atoms with Crippen LogP contribution in [0, 0.1) is 25.7 Å². The smallest absolute Gasteiger partial charge is 0.307 e. The van der Waals surface area contributed by atoms with E-state index in [0.717, 1.165) is 24.0 Å². The zero-order valence-electron chi connectivity index (χ0n) is 11.5. The van der Waals surface area contributed by atoms with Gasteiger partial charge in [-0.05, 0) is 38.3 Å². The molecule has 1 aromatic rings. The van der Waals surface area contributed by atoms with Crippen LogP contribution in [-0.4, -0.2) is 16.9 Å². The van der Waals surface area contributed by atoms with Crippen molar-refractivity contribution < 1.29 is 14.7 Å². The van der Waals surface area contributed by atoms with Crippen molar-refractivity contribution >= 4 is 11.8 Å². The van der Waals surface area contributed by atoms with E-state index in [1.165, 1.54) is 0 Å².